The topological polar surface area (TPSA) is 96.5 Å². The molecule has 1 aromatic carbocycles. The van der Waals surface area contributed by atoms with Crippen LogP contribution in [0.15, 0.2) is 46.9 Å². The maximum atomic E-state index is 13.2. The first-order chi connectivity index (χ1) is 13.9. The summed E-state index contributed by atoms with van der Waals surface area (Å²) in [5.41, 5.74) is 2.53. The zero-order chi connectivity index (χ0) is 21.1. The van der Waals surface area contributed by atoms with E-state index in [9.17, 15) is 14.9 Å². The molecule has 0 unspecified atom stereocenters. The number of ether oxygens (including phenoxy) is 1. The van der Waals surface area contributed by atoms with Crippen molar-refractivity contribution >= 4 is 17.6 Å². The molecule has 146 valence electrons. The minimum Gasteiger partial charge on any atom is -0.438 e. The van der Waals surface area contributed by atoms with Gasteiger partial charge in [-0.1, -0.05) is 18.2 Å². The van der Waals surface area contributed by atoms with Gasteiger partial charge in [-0.2, -0.15) is 10.2 Å². The summed E-state index contributed by atoms with van der Waals surface area (Å²) < 4.78 is 7.38. The maximum absolute atomic E-state index is 13.2. The molecule has 0 radical (unpaired) electrons. The Morgan fingerprint density at radius 1 is 1.21 bits per heavy atom. The highest BCUT2D eigenvalue weighted by Crippen LogP contribution is 2.28. The number of carbonyl (C=O) groups is 1. The second-order valence-electron chi connectivity index (χ2n) is 6.57. The molecule has 3 aromatic rings. The van der Waals surface area contributed by atoms with Gasteiger partial charge in [-0.25, -0.2) is 0 Å². The van der Waals surface area contributed by atoms with Crippen molar-refractivity contribution in [1.29, 1.82) is 5.26 Å². The van der Waals surface area contributed by atoms with Gasteiger partial charge in [0, 0.05) is 13.2 Å². The number of nitriles is 1. The predicted molar refractivity (Wildman–Crippen MR) is 110 cm³/mol. The molecule has 1 amide bonds. The second kappa shape index (κ2) is 7.98. The summed E-state index contributed by atoms with van der Waals surface area (Å²) in [5, 5.41) is 11.7. The molecule has 0 saturated carbocycles. The van der Waals surface area contributed by atoms with E-state index in [-0.39, 0.29) is 17.0 Å². The SMILES string of the molecule is CNC(=O)/C(C#N)=C\c1c(Oc2cccc(C)c2C)nc2c(C)cccn2c1=O. The molecule has 0 aliphatic heterocycles. The third kappa shape index (κ3) is 3.73. The van der Waals surface area contributed by atoms with Gasteiger partial charge >= 0.3 is 0 Å². The van der Waals surface area contributed by atoms with Crippen molar-refractivity contribution in [3.05, 3.63) is 74.7 Å². The van der Waals surface area contributed by atoms with Gasteiger partial charge in [-0.15, -0.1) is 0 Å². The summed E-state index contributed by atoms with van der Waals surface area (Å²) in [6.45, 7) is 5.70. The van der Waals surface area contributed by atoms with Gasteiger partial charge in [-0.05, 0) is 55.7 Å². The Kier molecular flexibility index (Phi) is 5.46. The van der Waals surface area contributed by atoms with Crippen LogP contribution in [-0.4, -0.2) is 22.3 Å². The Bertz CT molecular complexity index is 1250. The molecule has 7 heteroatoms. The molecule has 0 spiro atoms. The highest BCUT2D eigenvalue weighted by molar-refractivity contribution is 6.01. The van der Waals surface area contributed by atoms with Crippen LogP contribution >= 0.6 is 0 Å². The van der Waals surface area contributed by atoms with Crippen LogP contribution in [-0.2, 0) is 4.79 Å². The van der Waals surface area contributed by atoms with Crippen molar-refractivity contribution in [2.45, 2.75) is 20.8 Å². The first-order valence-corrected chi connectivity index (χ1v) is 8.97. The molecule has 29 heavy (non-hydrogen) atoms. The fourth-order valence-corrected chi connectivity index (χ4v) is 2.86. The number of carbonyl (C=O) groups excluding carboxylic acids is 1. The number of likely N-dealkylation sites (N-methyl/N-ethyl adjacent to an activating group) is 1. The smallest absolute Gasteiger partial charge is 0.269 e. The van der Waals surface area contributed by atoms with E-state index in [1.54, 1.807) is 18.3 Å². The first-order valence-electron chi connectivity index (χ1n) is 8.97. The molecule has 2 aromatic heterocycles. The molecule has 2 heterocycles. The van der Waals surface area contributed by atoms with Crippen molar-refractivity contribution in [2.75, 3.05) is 7.05 Å². The molecule has 1 N–H and O–H groups in total. The van der Waals surface area contributed by atoms with E-state index in [0.29, 0.717) is 11.4 Å². The Balaban J connectivity index is 2.32. The Hall–Kier alpha value is -3.92. The molecular formula is C22H20N4O3. The van der Waals surface area contributed by atoms with Crippen LogP contribution in [0.5, 0.6) is 11.6 Å². The number of fused-ring (bicyclic) bond motifs is 1. The van der Waals surface area contributed by atoms with Gasteiger partial charge in [0.25, 0.3) is 11.5 Å². The number of hydrogen-bond donors (Lipinski definition) is 1. The number of nitrogens with zero attached hydrogens (tertiary/aromatic N) is 3. The first kappa shape index (κ1) is 19.8. The van der Waals surface area contributed by atoms with E-state index >= 15 is 0 Å². The minimum absolute atomic E-state index is 0.0224. The van der Waals surface area contributed by atoms with Crippen molar-refractivity contribution < 1.29 is 9.53 Å². The number of nitrogens with one attached hydrogen (secondary N) is 1. The average Bonchev–Trinajstić information content (AvgIpc) is 2.71. The third-order valence-corrected chi connectivity index (χ3v) is 4.69. The van der Waals surface area contributed by atoms with Crippen LogP contribution in [0, 0.1) is 32.1 Å². The number of aryl methyl sites for hydroxylation is 2. The highest BCUT2D eigenvalue weighted by Gasteiger charge is 2.18. The lowest BCUT2D eigenvalue weighted by Crippen LogP contribution is -2.22. The van der Waals surface area contributed by atoms with Crippen LogP contribution < -0.4 is 15.6 Å². The molecule has 0 fully saturated rings. The van der Waals surface area contributed by atoms with Gasteiger partial charge < -0.3 is 10.1 Å². The van der Waals surface area contributed by atoms with Gasteiger partial charge in [0.05, 0.1) is 0 Å². The van der Waals surface area contributed by atoms with Crippen LogP contribution in [0.4, 0.5) is 0 Å². The van der Waals surface area contributed by atoms with Crippen molar-refractivity contribution in [1.82, 2.24) is 14.7 Å². The van der Waals surface area contributed by atoms with Crippen LogP contribution in [0.2, 0.25) is 0 Å². The zero-order valence-corrected chi connectivity index (χ0v) is 16.6. The summed E-state index contributed by atoms with van der Waals surface area (Å²) in [6, 6.07) is 11.0. The number of pyridine rings is 1. The zero-order valence-electron chi connectivity index (χ0n) is 16.6. The van der Waals surface area contributed by atoms with Crippen molar-refractivity contribution in [3.63, 3.8) is 0 Å². The van der Waals surface area contributed by atoms with E-state index in [2.05, 4.69) is 10.3 Å². The molecule has 0 atom stereocenters. The van der Waals surface area contributed by atoms with Crippen LogP contribution in [0.3, 0.4) is 0 Å². The summed E-state index contributed by atoms with van der Waals surface area (Å²) >= 11 is 0. The number of aromatic nitrogens is 2. The largest absolute Gasteiger partial charge is 0.438 e. The third-order valence-electron chi connectivity index (χ3n) is 4.69. The normalized spacial score (nSPS) is 11.2. The lowest BCUT2D eigenvalue weighted by atomic mass is 10.1. The molecular weight excluding hydrogens is 368 g/mol. The molecule has 7 nitrogen and oxygen atoms in total. The van der Waals surface area contributed by atoms with Gasteiger partial charge in [-0.3, -0.25) is 14.0 Å². The van der Waals surface area contributed by atoms with E-state index in [0.717, 1.165) is 16.7 Å². The van der Waals surface area contributed by atoms with E-state index in [1.807, 2.05) is 45.0 Å². The number of rotatable bonds is 4. The molecule has 0 saturated heterocycles. The van der Waals surface area contributed by atoms with Gasteiger partial charge in [0.1, 0.15) is 28.6 Å². The van der Waals surface area contributed by atoms with E-state index in [1.165, 1.54) is 17.5 Å². The van der Waals surface area contributed by atoms with E-state index in [4.69, 9.17) is 4.74 Å². The molecule has 3 rings (SSSR count). The van der Waals surface area contributed by atoms with Gasteiger partial charge in [0.2, 0.25) is 5.88 Å². The predicted octanol–water partition coefficient (Wildman–Crippen LogP) is 3.07. The average molecular weight is 388 g/mol. The summed E-state index contributed by atoms with van der Waals surface area (Å²) in [7, 11) is 1.41. The fourth-order valence-electron chi connectivity index (χ4n) is 2.86. The molecule has 0 aliphatic rings. The Labute approximate surface area is 167 Å². The summed E-state index contributed by atoms with van der Waals surface area (Å²) in [6.07, 6.45) is 2.80. The lowest BCUT2D eigenvalue weighted by Gasteiger charge is -2.13. The highest BCUT2D eigenvalue weighted by atomic mass is 16.5. The Morgan fingerprint density at radius 2 is 1.93 bits per heavy atom. The summed E-state index contributed by atoms with van der Waals surface area (Å²) in [4.78, 5) is 29.7. The number of benzene rings is 1. The van der Waals surface area contributed by atoms with Crippen molar-refractivity contribution in [2.24, 2.45) is 0 Å². The Morgan fingerprint density at radius 3 is 2.62 bits per heavy atom. The second-order valence-corrected chi connectivity index (χ2v) is 6.57. The summed E-state index contributed by atoms with van der Waals surface area (Å²) in [5.74, 6) is -0.0171. The number of amides is 1. The molecule has 0 bridgehead atoms. The lowest BCUT2D eigenvalue weighted by molar-refractivity contribution is -0.116. The van der Waals surface area contributed by atoms with E-state index < -0.39 is 11.5 Å². The maximum Gasteiger partial charge on any atom is 0.269 e. The standard InChI is InChI=1S/C22H20N4O3/c1-13-7-5-9-18(15(13)3)29-21-17(11-16(12-23)20(27)24-4)22(28)26-10-6-8-14(2)19(26)25-21/h5-11H,1-4H3,(H,24,27)/b16-11-. The monoisotopic (exact) mass is 388 g/mol. The quantitative estimate of drug-likeness (QED) is 0.547. The van der Waals surface area contributed by atoms with Crippen molar-refractivity contribution in [3.8, 4) is 17.7 Å². The van der Waals surface area contributed by atoms with Gasteiger partial charge in [0.15, 0.2) is 0 Å². The minimum atomic E-state index is -0.598. The number of hydrogen-bond acceptors (Lipinski definition) is 5. The fraction of sp³-hybridized carbons (Fsp3) is 0.182. The molecule has 0 aliphatic carbocycles. The van der Waals surface area contributed by atoms with Crippen LogP contribution in [0.1, 0.15) is 22.3 Å². The van der Waals surface area contributed by atoms with Crippen LogP contribution in [0.25, 0.3) is 11.7 Å².